The van der Waals surface area contributed by atoms with Gasteiger partial charge in [0.1, 0.15) is 16.8 Å². The summed E-state index contributed by atoms with van der Waals surface area (Å²) in [5, 5.41) is 11.6. The maximum Gasteiger partial charge on any atom is 0.326 e. The largest absolute Gasteiger partial charge is 0.480 e. The predicted octanol–water partition coefficient (Wildman–Crippen LogP) is 2.60. The molecule has 0 unspecified atom stereocenters. The number of nitrogens with one attached hydrogen (secondary N) is 1. The summed E-state index contributed by atoms with van der Waals surface area (Å²) in [6.07, 6.45) is 0.312. The van der Waals surface area contributed by atoms with Crippen molar-refractivity contribution in [2.24, 2.45) is 5.92 Å². The first-order chi connectivity index (χ1) is 10.3. The van der Waals surface area contributed by atoms with Gasteiger partial charge in [-0.25, -0.2) is 4.79 Å². The second-order valence-electron chi connectivity index (χ2n) is 5.56. The van der Waals surface area contributed by atoms with Gasteiger partial charge in [-0.3, -0.25) is 9.59 Å². The lowest BCUT2D eigenvalue weighted by atomic mass is 9.91. The summed E-state index contributed by atoms with van der Waals surface area (Å²) in [4.78, 5) is 36.0. The van der Waals surface area contributed by atoms with Crippen LogP contribution in [-0.2, 0) is 4.79 Å². The zero-order valence-electron chi connectivity index (χ0n) is 12.2. The number of hydrogen-bond acceptors (Lipinski definition) is 4. The third-order valence-electron chi connectivity index (χ3n) is 3.39. The fourth-order valence-corrected chi connectivity index (χ4v) is 2.58. The smallest absolute Gasteiger partial charge is 0.326 e. The van der Waals surface area contributed by atoms with Crippen molar-refractivity contribution in [1.82, 2.24) is 5.32 Å². The minimum Gasteiger partial charge on any atom is -0.480 e. The molecule has 0 saturated carbocycles. The van der Waals surface area contributed by atoms with Crippen LogP contribution in [0.1, 0.15) is 41.0 Å². The predicted molar refractivity (Wildman–Crippen MR) is 82.0 cm³/mol. The Morgan fingerprint density at radius 1 is 1.18 bits per heavy atom. The van der Waals surface area contributed by atoms with Gasteiger partial charge in [-0.2, -0.15) is 0 Å². The molecule has 1 atom stereocenters. The number of allylic oxidation sites excluding steroid dienone is 2. The lowest BCUT2D eigenvalue weighted by Gasteiger charge is -2.23. The Balaban J connectivity index is 2.38. The maximum atomic E-state index is 12.5. The first kappa shape index (κ1) is 16.2. The van der Waals surface area contributed by atoms with E-state index in [0.717, 1.165) is 0 Å². The molecule has 22 heavy (non-hydrogen) atoms. The Kier molecular flexibility index (Phi) is 4.66. The van der Waals surface area contributed by atoms with Crippen molar-refractivity contribution in [3.05, 3.63) is 46.1 Å². The van der Waals surface area contributed by atoms with E-state index < -0.39 is 23.6 Å². The molecule has 1 aliphatic carbocycles. The molecule has 1 aromatic rings. The van der Waals surface area contributed by atoms with E-state index in [1.807, 2.05) is 13.8 Å². The van der Waals surface area contributed by atoms with Gasteiger partial charge in [0.25, 0.3) is 0 Å². The standard InChI is InChI=1S/C16H16ClNO4/c1-8(2)7-11(16(21)22)18-13-12(17)14(19)9-5-3-4-6-10(9)15(13)20/h3-6,8,11,18H,7H2,1-2H3,(H,21,22)/t11-/m1/s1. The van der Waals surface area contributed by atoms with Crippen molar-refractivity contribution in [1.29, 1.82) is 0 Å². The summed E-state index contributed by atoms with van der Waals surface area (Å²) in [5.74, 6) is -1.93. The van der Waals surface area contributed by atoms with Crippen molar-refractivity contribution in [2.45, 2.75) is 26.3 Å². The Hall–Kier alpha value is -2.14. The molecule has 0 spiro atoms. The van der Waals surface area contributed by atoms with E-state index in [1.165, 1.54) is 12.1 Å². The van der Waals surface area contributed by atoms with Gasteiger partial charge < -0.3 is 10.4 Å². The van der Waals surface area contributed by atoms with Crippen LogP contribution in [0.5, 0.6) is 0 Å². The molecule has 0 aromatic heterocycles. The number of fused-ring (bicyclic) bond motifs is 1. The van der Waals surface area contributed by atoms with Crippen molar-refractivity contribution in [3.63, 3.8) is 0 Å². The number of benzene rings is 1. The summed E-state index contributed by atoms with van der Waals surface area (Å²) in [7, 11) is 0. The van der Waals surface area contributed by atoms with Crippen LogP contribution in [0.25, 0.3) is 0 Å². The maximum absolute atomic E-state index is 12.5. The zero-order chi connectivity index (χ0) is 16.4. The lowest BCUT2D eigenvalue weighted by Crippen LogP contribution is -2.41. The number of halogens is 1. The van der Waals surface area contributed by atoms with Gasteiger partial charge in [-0.15, -0.1) is 0 Å². The first-order valence-corrected chi connectivity index (χ1v) is 7.28. The monoisotopic (exact) mass is 321 g/mol. The van der Waals surface area contributed by atoms with Crippen LogP contribution in [0.2, 0.25) is 0 Å². The Morgan fingerprint density at radius 2 is 1.73 bits per heavy atom. The summed E-state index contributed by atoms with van der Waals surface area (Å²) < 4.78 is 0. The SMILES string of the molecule is CC(C)C[C@@H](NC1=C(Cl)C(=O)c2ccccc2C1=O)C(=O)O. The van der Waals surface area contributed by atoms with Crippen molar-refractivity contribution >= 4 is 29.1 Å². The molecule has 0 fully saturated rings. The Labute approximate surface area is 133 Å². The number of ketones is 2. The molecule has 0 radical (unpaired) electrons. The second-order valence-corrected chi connectivity index (χ2v) is 5.94. The van der Waals surface area contributed by atoms with Gasteiger partial charge in [0, 0.05) is 11.1 Å². The van der Waals surface area contributed by atoms with Gasteiger partial charge in [0.2, 0.25) is 11.6 Å². The number of carboxylic acids is 1. The Bertz CT molecular complexity index is 678. The highest BCUT2D eigenvalue weighted by Gasteiger charge is 2.33. The summed E-state index contributed by atoms with van der Waals surface area (Å²) in [5.41, 5.74) is 0.324. The fourth-order valence-electron chi connectivity index (χ4n) is 2.34. The number of hydrogen-bond donors (Lipinski definition) is 2. The van der Waals surface area contributed by atoms with E-state index >= 15 is 0 Å². The van der Waals surface area contributed by atoms with Crippen LogP contribution < -0.4 is 5.32 Å². The molecule has 116 valence electrons. The van der Waals surface area contributed by atoms with E-state index in [-0.39, 0.29) is 27.8 Å². The molecule has 0 aliphatic heterocycles. The summed E-state index contributed by atoms with van der Waals surface area (Å²) >= 11 is 5.99. The number of carbonyl (C=O) groups excluding carboxylic acids is 2. The minimum absolute atomic E-state index is 0.106. The zero-order valence-corrected chi connectivity index (χ0v) is 13.0. The highest BCUT2D eigenvalue weighted by Crippen LogP contribution is 2.27. The summed E-state index contributed by atoms with van der Waals surface area (Å²) in [6.45, 7) is 3.74. The van der Waals surface area contributed by atoms with Gasteiger partial charge in [-0.05, 0) is 12.3 Å². The normalized spacial score (nSPS) is 15.8. The van der Waals surface area contributed by atoms with Crippen LogP contribution in [0, 0.1) is 5.92 Å². The summed E-state index contributed by atoms with van der Waals surface area (Å²) in [6, 6.07) is 5.36. The van der Waals surface area contributed by atoms with E-state index in [0.29, 0.717) is 6.42 Å². The molecule has 0 saturated heterocycles. The van der Waals surface area contributed by atoms with E-state index in [2.05, 4.69) is 5.32 Å². The van der Waals surface area contributed by atoms with Crippen LogP contribution in [0.15, 0.2) is 35.0 Å². The van der Waals surface area contributed by atoms with Crippen LogP contribution in [0.4, 0.5) is 0 Å². The van der Waals surface area contributed by atoms with E-state index in [1.54, 1.807) is 12.1 Å². The number of Topliss-reactive ketones (excluding diaryl/α,β-unsaturated/α-hetero) is 2. The highest BCUT2D eigenvalue weighted by atomic mass is 35.5. The molecule has 2 N–H and O–H groups in total. The van der Waals surface area contributed by atoms with Gasteiger partial charge in [0.05, 0.1) is 0 Å². The molecular formula is C16H16ClNO4. The van der Waals surface area contributed by atoms with E-state index in [4.69, 9.17) is 11.6 Å². The molecule has 0 heterocycles. The minimum atomic E-state index is -1.09. The lowest BCUT2D eigenvalue weighted by molar-refractivity contribution is -0.139. The quantitative estimate of drug-likeness (QED) is 0.871. The van der Waals surface area contributed by atoms with E-state index in [9.17, 15) is 19.5 Å². The molecule has 5 nitrogen and oxygen atoms in total. The van der Waals surface area contributed by atoms with Gasteiger partial charge in [-0.1, -0.05) is 49.7 Å². The number of rotatable bonds is 5. The molecule has 0 bridgehead atoms. The molecule has 2 rings (SSSR count). The van der Waals surface area contributed by atoms with Crippen LogP contribution in [-0.4, -0.2) is 28.7 Å². The third-order valence-corrected chi connectivity index (χ3v) is 3.75. The van der Waals surface area contributed by atoms with Crippen LogP contribution in [0.3, 0.4) is 0 Å². The molecule has 6 heteroatoms. The van der Waals surface area contributed by atoms with Crippen LogP contribution >= 0.6 is 11.6 Å². The topological polar surface area (TPSA) is 83.5 Å². The van der Waals surface area contributed by atoms with Gasteiger partial charge in [0.15, 0.2) is 0 Å². The molecule has 1 aliphatic rings. The van der Waals surface area contributed by atoms with Crippen molar-refractivity contribution in [2.75, 3.05) is 0 Å². The van der Waals surface area contributed by atoms with Crippen molar-refractivity contribution < 1.29 is 19.5 Å². The fraction of sp³-hybridized carbons (Fsp3) is 0.312. The molecular weight excluding hydrogens is 306 g/mol. The second kappa shape index (κ2) is 6.32. The molecule has 0 amide bonds. The number of carboxylic acid groups (broad SMARTS) is 1. The molecule has 1 aromatic carbocycles. The number of aliphatic carboxylic acids is 1. The average Bonchev–Trinajstić information content (AvgIpc) is 2.47. The number of carbonyl (C=O) groups is 3. The Morgan fingerprint density at radius 3 is 2.23 bits per heavy atom. The third kappa shape index (κ3) is 3.04. The van der Waals surface area contributed by atoms with Crippen molar-refractivity contribution in [3.8, 4) is 0 Å². The van der Waals surface area contributed by atoms with Gasteiger partial charge >= 0.3 is 5.97 Å². The average molecular weight is 322 g/mol. The first-order valence-electron chi connectivity index (χ1n) is 6.90. The highest BCUT2D eigenvalue weighted by molar-refractivity contribution is 6.49.